The van der Waals surface area contributed by atoms with E-state index in [1.165, 1.54) is 7.11 Å². The molecule has 0 saturated carbocycles. The number of rotatable bonds is 4. The smallest absolute Gasteiger partial charge is 0.306 e. The van der Waals surface area contributed by atoms with Gasteiger partial charge in [-0.3, -0.25) is 14.3 Å². The predicted molar refractivity (Wildman–Crippen MR) is 85.8 cm³/mol. The van der Waals surface area contributed by atoms with Crippen molar-refractivity contribution in [2.45, 2.75) is 12.3 Å². The molecule has 1 aromatic carbocycles. The van der Waals surface area contributed by atoms with Gasteiger partial charge in [-0.15, -0.1) is 0 Å². The van der Waals surface area contributed by atoms with Gasteiger partial charge in [-0.25, -0.2) is 0 Å². The molecule has 0 unspecified atom stereocenters. The molecule has 124 valence electrons. The molecule has 0 bridgehead atoms. The summed E-state index contributed by atoms with van der Waals surface area (Å²) in [6.07, 6.45) is 3.17. The molecule has 0 fully saturated rings. The Bertz CT molecular complexity index is 957. The summed E-state index contributed by atoms with van der Waals surface area (Å²) in [5, 5.41) is 14.7. The van der Waals surface area contributed by atoms with Crippen LogP contribution in [-0.2, 0) is 16.6 Å². The van der Waals surface area contributed by atoms with Gasteiger partial charge in [-0.1, -0.05) is 12.1 Å². The molecule has 0 aliphatic rings. The summed E-state index contributed by atoms with van der Waals surface area (Å²) in [7, 11) is 3.01. The second kappa shape index (κ2) is 6.19. The topological polar surface area (TPSA) is 94.6 Å². The molecule has 0 aliphatic carbocycles. The molecule has 1 N–H and O–H groups in total. The Morgan fingerprint density at radius 1 is 1.42 bits per heavy atom. The van der Waals surface area contributed by atoms with Gasteiger partial charge in [0, 0.05) is 18.8 Å². The summed E-state index contributed by atoms with van der Waals surface area (Å²) in [5.74, 6) is -1.65. The lowest BCUT2D eigenvalue weighted by Gasteiger charge is -2.15. The van der Waals surface area contributed by atoms with Gasteiger partial charge in [0.25, 0.3) is 0 Å². The molecule has 0 spiro atoms. The van der Waals surface area contributed by atoms with Gasteiger partial charge in [-0.2, -0.15) is 5.10 Å². The fraction of sp³-hybridized carbons (Fsp3) is 0.235. The maximum atomic E-state index is 12.4. The van der Waals surface area contributed by atoms with E-state index in [0.29, 0.717) is 11.1 Å². The van der Waals surface area contributed by atoms with Crippen LogP contribution in [0.25, 0.3) is 11.0 Å². The number of hydrogen-bond donors (Lipinski definition) is 1. The van der Waals surface area contributed by atoms with Crippen LogP contribution < -0.4 is 5.43 Å². The van der Waals surface area contributed by atoms with Crippen molar-refractivity contribution in [3.05, 3.63) is 58.2 Å². The second-order valence-electron chi connectivity index (χ2n) is 5.42. The van der Waals surface area contributed by atoms with Gasteiger partial charge >= 0.3 is 5.97 Å². The number of hydrogen-bond acceptors (Lipinski definition) is 6. The third kappa shape index (κ3) is 2.76. The summed E-state index contributed by atoms with van der Waals surface area (Å²) in [5.41, 5.74) is 0.441. The fourth-order valence-electron chi connectivity index (χ4n) is 2.62. The average Bonchev–Trinajstić information content (AvgIpc) is 3.02. The molecule has 2 heterocycles. The summed E-state index contributed by atoms with van der Waals surface area (Å²) in [6, 6.07) is 6.62. The van der Waals surface area contributed by atoms with Crippen molar-refractivity contribution in [3.8, 4) is 5.75 Å². The Morgan fingerprint density at radius 3 is 2.83 bits per heavy atom. The van der Waals surface area contributed by atoms with Crippen LogP contribution in [0.5, 0.6) is 5.75 Å². The van der Waals surface area contributed by atoms with Gasteiger partial charge in [0.15, 0.2) is 5.76 Å². The number of nitrogens with zero attached hydrogens (tertiary/aromatic N) is 2. The summed E-state index contributed by atoms with van der Waals surface area (Å²) in [4.78, 5) is 24.2. The summed E-state index contributed by atoms with van der Waals surface area (Å²) in [6.45, 7) is 0. The third-order valence-corrected chi connectivity index (χ3v) is 3.84. The van der Waals surface area contributed by atoms with E-state index >= 15 is 0 Å². The number of carbonyl (C=O) groups is 1. The quantitative estimate of drug-likeness (QED) is 0.735. The normalized spacial score (nSPS) is 12.2. The lowest BCUT2D eigenvalue weighted by atomic mass is 9.94. The number of aryl methyl sites for hydroxylation is 1. The number of fused-ring (bicyclic) bond motifs is 1. The molecule has 0 amide bonds. The lowest BCUT2D eigenvalue weighted by Crippen LogP contribution is -2.13. The number of esters is 1. The number of ether oxygens (including phenoxy) is 1. The van der Waals surface area contributed by atoms with Crippen molar-refractivity contribution >= 4 is 16.9 Å². The number of methoxy groups -OCH3 is 1. The maximum Gasteiger partial charge on any atom is 0.306 e. The lowest BCUT2D eigenvalue weighted by molar-refractivity contribution is -0.140. The second-order valence-corrected chi connectivity index (χ2v) is 5.42. The van der Waals surface area contributed by atoms with E-state index in [4.69, 9.17) is 9.15 Å². The molecule has 3 aromatic rings. The van der Waals surface area contributed by atoms with E-state index in [9.17, 15) is 14.7 Å². The molecule has 0 radical (unpaired) electrons. The van der Waals surface area contributed by atoms with Crippen molar-refractivity contribution in [1.29, 1.82) is 0 Å². The zero-order valence-electron chi connectivity index (χ0n) is 13.2. The first-order chi connectivity index (χ1) is 11.5. The van der Waals surface area contributed by atoms with Gasteiger partial charge in [0.2, 0.25) is 11.2 Å². The number of aromatic hydroxyl groups is 1. The predicted octanol–water partition coefficient (Wildman–Crippen LogP) is 1.93. The fourth-order valence-corrected chi connectivity index (χ4v) is 2.62. The summed E-state index contributed by atoms with van der Waals surface area (Å²) < 4.78 is 12.0. The summed E-state index contributed by atoms with van der Waals surface area (Å²) >= 11 is 0. The molecule has 3 rings (SSSR count). The maximum absolute atomic E-state index is 12.4. The monoisotopic (exact) mass is 328 g/mol. The van der Waals surface area contributed by atoms with Crippen LogP contribution in [-0.4, -0.2) is 28.0 Å². The van der Waals surface area contributed by atoms with Crippen molar-refractivity contribution in [2.75, 3.05) is 7.11 Å². The minimum Gasteiger partial charge on any atom is -0.502 e. The van der Waals surface area contributed by atoms with Gasteiger partial charge in [0.1, 0.15) is 5.58 Å². The van der Waals surface area contributed by atoms with E-state index < -0.39 is 23.1 Å². The largest absolute Gasteiger partial charge is 0.502 e. The highest BCUT2D eigenvalue weighted by molar-refractivity contribution is 5.78. The van der Waals surface area contributed by atoms with Crippen LogP contribution in [0, 0.1) is 0 Å². The Hall–Kier alpha value is -3.09. The Labute approximate surface area is 137 Å². The minimum absolute atomic E-state index is 0.0251. The average molecular weight is 328 g/mol. The van der Waals surface area contributed by atoms with Crippen LogP contribution >= 0.6 is 0 Å². The van der Waals surface area contributed by atoms with E-state index in [-0.39, 0.29) is 17.6 Å². The number of para-hydroxylation sites is 1. The molecule has 2 aromatic heterocycles. The molecular formula is C17H16N2O5. The van der Waals surface area contributed by atoms with Crippen molar-refractivity contribution in [3.63, 3.8) is 0 Å². The van der Waals surface area contributed by atoms with Gasteiger partial charge in [0.05, 0.1) is 31.0 Å². The van der Waals surface area contributed by atoms with Crippen LogP contribution in [0.3, 0.4) is 0 Å². The molecule has 0 aliphatic heterocycles. The van der Waals surface area contributed by atoms with Crippen LogP contribution in [0.4, 0.5) is 0 Å². The van der Waals surface area contributed by atoms with Crippen LogP contribution in [0.15, 0.2) is 45.9 Å². The number of carbonyl (C=O) groups excluding carboxylic acids is 1. The molecule has 7 heteroatoms. The number of aromatic nitrogens is 2. The first kappa shape index (κ1) is 15.8. The Balaban J connectivity index is 2.20. The molecule has 0 saturated heterocycles. The van der Waals surface area contributed by atoms with E-state index in [1.54, 1.807) is 48.4 Å². The highest BCUT2D eigenvalue weighted by Crippen LogP contribution is 2.34. The van der Waals surface area contributed by atoms with Gasteiger partial charge in [-0.05, 0) is 12.1 Å². The molecule has 7 nitrogen and oxygen atoms in total. The van der Waals surface area contributed by atoms with Crippen LogP contribution in [0.1, 0.15) is 23.7 Å². The zero-order valence-corrected chi connectivity index (χ0v) is 13.2. The SMILES string of the molecule is COC(=O)C[C@@H](c1cnn(C)c1)c1oc2ccccc2c(=O)c1O. The zero-order chi connectivity index (χ0) is 17.3. The van der Waals surface area contributed by atoms with Crippen LogP contribution in [0.2, 0.25) is 0 Å². The van der Waals surface area contributed by atoms with E-state index in [0.717, 1.165) is 0 Å². The highest BCUT2D eigenvalue weighted by atomic mass is 16.5. The first-order valence-electron chi connectivity index (χ1n) is 7.31. The minimum atomic E-state index is -0.677. The highest BCUT2D eigenvalue weighted by Gasteiger charge is 2.27. The first-order valence-corrected chi connectivity index (χ1v) is 7.31. The van der Waals surface area contributed by atoms with Crippen molar-refractivity contribution < 1.29 is 19.1 Å². The Morgan fingerprint density at radius 2 is 2.17 bits per heavy atom. The molecular weight excluding hydrogens is 312 g/mol. The molecule has 1 atom stereocenters. The van der Waals surface area contributed by atoms with Gasteiger partial charge < -0.3 is 14.3 Å². The Kier molecular flexibility index (Phi) is 4.07. The molecule has 24 heavy (non-hydrogen) atoms. The van der Waals surface area contributed by atoms with E-state index in [2.05, 4.69) is 5.10 Å². The van der Waals surface area contributed by atoms with E-state index in [1.807, 2.05) is 0 Å². The standard InChI is InChI=1S/C17H16N2O5/c1-19-9-10(8-18-19)12(7-14(20)23-2)17-16(22)15(21)11-5-3-4-6-13(11)24-17/h3-6,8-9,12,22H,7H2,1-2H3/t12-/m0/s1. The number of benzene rings is 1. The van der Waals surface area contributed by atoms with Crippen molar-refractivity contribution in [1.82, 2.24) is 9.78 Å². The third-order valence-electron chi connectivity index (χ3n) is 3.84. The van der Waals surface area contributed by atoms with Crippen molar-refractivity contribution in [2.24, 2.45) is 7.05 Å².